The van der Waals surface area contributed by atoms with Gasteiger partial charge in [-0.05, 0) is 19.1 Å². The molecule has 1 aromatic heterocycles. The zero-order chi connectivity index (χ0) is 9.68. The first-order chi connectivity index (χ1) is 6.24. The maximum absolute atomic E-state index is 8.66. The molecule has 0 aliphatic rings. The lowest BCUT2D eigenvalue weighted by atomic mass is 10.3. The summed E-state index contributed by atoms with van der Waals surface area (Å²) < 4.78 is 5.43. The van der Waals surface area contributed by atoms with E-state index in [-0.39, 0.29) is 12.7 Å². The molecule has 1 rings (SSSR count). The lowest BCUT2D eigenvalue weighted by Crippen LogP contribution is -2.13. The summed E-state index contributed by atoms with van der Waals surface area (Å²) in [6.45, 7) is 1.98. The monoisotopic (exact) mass is 201 g/mol. The summed E-state index contributed by atoms with van der Waals surface area (Å²) in [6, 6.07) is 3.51. The molecule has 0 spiro atoms. The van der Waals surface area contributed by atoms with Crippen LogP contribution in [0.1, 0.15) is 13.3 Å². The van der Waals surface area contributed by atoms with E-state index in [4.69, 9.17) is 21.4 Å². The zero-order valence-corrected chi connectivity index (χ0v) is 8.16. The van der Waals surface area contributed by atoms with Gasteiger partial charge >= 0.3 is 0 Å². The number of ether oxygens (including phenoxy) is 1. The lowest BCUT2D eigenvalue weighted by Gasteiger charge is -2.13. The van der Waals surface area contributed by atoms with Gasteiger partial charge in [-0.1, -0.05) is 11.6 Å². The standard InChI is InChI=1S/C9H12ClNO2/c1-7(4-6-12)13-8-3-2-5-11-9(8)10/h2-3,5,7,12H,4,6H2,1H3. The highest BCUT2D eigenvalue weighted by atomic mass is 35.5. The van der Waals surface area contributed by atoms with Gasteiger partial charge in [0.05, 0.1) is 6.10 Å². The molecule has 0 amide bonds. The average Bonchev–Trinajstić information content (AvgIpc) is 2.09. The van der Waals surface area contributed by atoms with Gasteiger partial charge in [0, 0.05) is 19.2 Å². The van der Waals surface area contributed by atoms with Gasteiger partial charge in [-0.3, -0.25) is 0 Å². The van der Waals surface area contributed by atoms with Crippen molar-refractivity contribution in [2.45, 2.75) is 19.4 Å². The van der Waals surface area contributed by atoms with Gasteiger partial charge in [0.2, 0.25) is 0 Å². The van der Waals surface area contributed by atoms with Gasteiger partial charge in [0.1, 0.15) is 0 Å². The first-order valence-electron chi connectivity index (χ1n) is 4.12. The molecular formula is C9H12ClNO2. The number of hydrogen-bond donors (Lipinski definition) is 1. The Balaban J connectivity index is 2.58. The fraction of sp³-hybridized carbons (Fsp3) is 0.444. The SMILES string of the molecule is CC(CCO)Oc1cccnc1Cl. The molecule has 0 radical (unpaired) electrons. The first kappa shape index (κ1) is 10.3. The van der Waals surface area contributed by atoms with E-state index in [1.165, 1.54) is 0 Å². The summed E-state index contributed by atoms with van der Waals surface area (Å²) in [7, 11) is 0. The summed E-state index contributed by atoms with van der Waals surface area (Å²) in [5.74, 6) is 0.560. The third-order valence-corrected chi connectivity index (χ3v) is 1.87. The molecule has 0 aliphatic heterocycles. The Hall–Kier alpha value is -0.800. The number of rotatable bonds is 4. The smallest absolute Gasteiger partial charge is 0.171 e. The molecule has 0 saturated heterocycles. The van der Waals surface area contributed by atoms with E-state index in [9.17, 15) is 0 Å². The van der Waals surface area contributed by atoms with Gasteiger partial charge in [-0.25, -0.2) is 4.98 Å². The molecule has 1 unspecified atom stereocenters. The Labute approximate surface area is 82.3 Å². The van der Waals surface area contributed by atoms with Crippen molar-refractivity contribution in [1.82, 2.24) is 4.98 Å². The Morgan fingerprint density at radius 1 is 1.69 bits per heavy atom. The Kier molecular flexibility index (Phi) is 3.99. The van der Waals surface area contributed by atoms with Crippen molar-refractivity contribution >= 4 is 11.6 Å². The van der Waals surface area contributed by atoms with E-state index in [0.717, 1.165) is 0 Å². The summed E-state index contributed by atoms with van der Waals surface area (Å²) in [5, 5.41) is 9.01. The molecule has 3 nitrogen and oxygen atoms in total. The number of pyridine rings is 1. The molecule has 0 bridgehead atoms. The minimum atomic E-state index is -0.0494. The van der Waals surface area contributed by atoms with Crippen molar-refractivity contribution in [3.8, 4) is 5.75 Å². The minimum Gasteiger partial charge on any atom is -0.487 e. The van der Waals surface area contributed by atoms with Crippen molar-refractivity contribution in [3.05, 3.63) is 23.5 Å². The third kappa shape index (κ3) is 3.20. The molecule has 0 aliphatic carbocycles. The number of aromatic nitrogens is 1. The van der Waals surface area contributed by atoms with E-state index < -0.39 is 0 Å². The highest BCUT2D eigenvalue weighted by Crippen LogP contribution is 2.21. The van der Waals surface area contributed by atoms with Crippen LogP contribution in [0.5, 0.6) is 5.75 Å². The number of aliphatic hydroxyl groups is 1. The summed E-state index contributed by atoms with van der Waals surface area (Å²) in [6.07, 6.45) is 2.14. The highest BCUT2D eigenvalue weighted by Gasteiger charge is 2.06. The predicted molar refractivity (Wildman–Crippen MR) is 51.0 cm³/mol. The van der Waals surface area contributed by atoms with Gasteiger partial charge in [-0.15, -0.1) is 0 Å². The van der Waals surface area contributed by atoms with Crippen LogP contribution in [-0.4, -0.2) is 22.8 Å². The molecule has 0 saturated carbocycles. The van der Waals surface area contributed by atoms with E-state index in [1.54, 1.807) is 18.3 Å². The van der Waals surface area contributed by atoms with Gasteiger partial charge in [0.25, 0.3) is 0 Å². The van der Waals surface area contributed by atoms with E-state index in [1.807, 2.05) is 6.92 Å². The number of halogens is 1. The maximum Gasteiger partial charge on any atom is 0.171 e. The van der Waals surface area contributed by atoms with Crippen LogP contribution in [-0.2, 0) is 0 Å². The van der Waals surface area contributed by atoms with Crippen LogP contribution >= 0.6 is 11.6 Å². The molecule has 0 fully saturated rings. The second kappa shape index (κ2) is 5.04. The third-order valence-electron chi connectivity index (χ3n) is 1.59. The number of nitrogens with zero attached hydrogens (tertiary/aromatic N) is 1. The molecular weight excluding hydrogens is 190 g/mol. The normalized spacial score (nSPS) is 12.5. The van der Waals surface area contributed by atoms with Crippen LogP contribution in [0.4, 0.5) is 0 Å². The zero-order valence-electron chi connectivity index (χ0n) is 7.40. The summed E-state index contributed by atoms with van der Waals surface area (Å²) in [4.78, 5) is 3.87. The van der Waals surface area contributed by atoms with E-state index in [2.05, 4.69) is 4.98 Å². The molecule has 1 heterocycles. The number of hydrogen-bond acceptors (Lipinski definition) is 3. The molecule has 1 aromatic rings. The predicted octanol–water partition coefficient (Wildman–Crippen LogP) is 1.88. The summed E-state index contributed by atoms with van der Waals surface area (Å²) >= 11 is 5.77. The van der Waals surface area contributed by atoms with Crippen molar-refractivity contribution in [3.63, 3.8) is 0 Å². The maximum atomic E-state index is 8.66. The molecule has 1 N–H and O–H groups in total. The van der Waals surface area contributed by atoms with Crippen LogP contribution in [0.3, 0.4) is 0 Å². The van der Waals surface area contributed by atoms with E-state index in [0.29, 0.717) is 17.3 Å². The van der Waals surface area contributed by atoms with Crippen LogP contribution in [0, 0.1) is 0 Å². The molecule has 72 valence electrons. The van der Waals surface area contributed by atoms with Crippen molar-refractivity contribution in [2.24, 2.45) is 0 Å². The van der Waals surface area contributed by atoms with Crippen LogP contribution in [0.2, 0.25) is 5.15 Å². The van der Waals surface area contributed by atoms with Gasteiger partial charge in [-0.2, -0.15) is 0 Å². The summed E-state index contributed by atoms with van der Waals surface area (Å²) in [5.41, 5.74) is 0. The quantitative estimate of drug-likeness (QED) is 0.757. The Morgan fingerprint density at radius 3 is 3.08 bits per heavy atom. The lowest BCUT2D eigenvalue weighted by molar-refractivity contribution is 0.168. The molecule has 4 heteroatoms. The van der Waals surface area contributed by atoms with Gasteiger partial charge in [0.15, 0.2) is 10.9 Å². The highest BCUT2D eigenvalue weighted by molar-refractivity contribution is 6.30. The van der Waals surface area contributed by atoms with Crippen molar-refractivity contribution < 1.29 is 9.84 Å². The first-order valence-corrected chi connectivity index (χ1v) is 4.50. The van der Waals surface area contributed by atoms with E-state index >= 15 is 0 Å². The largest absolute Gasteiger partial charge is 0.487 e. The second-order valence-electron chi connectivity index (χ2n) is 2.73. The molecule has 0 aromatic carbocycles. The van der Waals surface area contributed by atoms with Crippen molar-refractivity contribution in [1.29, 1.82) is 0 Å². The topological polar surface area (TPSA) is 42.4 Å². The van der Waals surface area contributed by atoms with Gasteiger partial charge < -0.3 is 9.84 Å². The molecule has 13 heavy (non-hydrogen) atoms. The Morgan fingerprint density at radius 2 is 2.46 bits per heavy atom. The Bertz CT molecular complexity index is 268. The average molecular weight is 202 g/mol. The van der Waals surface area contributed by atoms with Crippen LogP contribution < -0.4 is 4.74 Å². The minimum absolute atomic E-state index is 0.0494. The molecule has 1 atom stereocenters. The van der Waals surface area contributed by atoms with Crippen LogP contribution in [0.15, 0.2) is 18.3 Å². The van der Waals surface area contributed by atoms with Crippen LogP contribution in [0.25, 0.3) is 0 Å². The fourth-order valence-electron chi connectivity index (χ4n) is 0.917. The fourth-order valence-corrected chi connectivity index (χ4v) is 1.08. The second-order valence-corrected chi connectivity index (χ2v) is 3.09. The number of aliphatic hydroxyl groups excluding tert-OH is 1. The van der Waals surface area contributed by atoms with Crippen molar-refractivity contribution in [2.75, 3.05) is 6.61 Å².